The van der Waals surface area contributed by atoms with Crippen LogP contribution in [-0.2, 0) is 9.59 Å². The van der Waals surface area contributed by atoms with Crippen molar-refractivity contribution in [2.24, 2.45) is 0 Å². The van der Waals surface area contributed by atoms with E-state index in [9.17, 15) is 9.59 Å². The van der Waals surface area contributed by atoms with Crippen LogP contribution in [0.25, 0.3) is 0 Å². The van der Waals surface area contributed by atoms with Crippen LogP contribution in [0.2, 0.25) is 0 Å². The average Bonchev–Trinajstić information content (AvgIpc) is 2.34. The lowest BCUT2D eigenvalue weighted by Gasteiger charge is -2.07. The number of hydrogen-bond acceptors (Lipinski definition) is 3. The van der Waals surface area contributed by atoms with Gasteiger partial charge in [0.15, 0.2) is 6.61 Å². The van der Waals surface area contributed by atoms with Crippen molar-refractivity contribution in [2.75, 3.05) is 11.9 Å². The Kier molecular flexibility index (Phi) is 5.70. The van der Waals surface area contributed by atoms with Gasteiger partial charge in [-0.25, -0.2) is 4.79 Å². The summed E-state index contributed by atoms with van der Waals surface area (Å²) in [6.07, 6.45) is 2.30. The number of aliphatic carboxylic acids is 1. The quantitative estimate of drug-likeness (QED) is 0.779. The van der Waals surface area contributed by atoms with Crippen molar-refractivity contribution in [3.8, 4) is 5.75 Å². The second kappa shape index (κ2) is 7.32. The smallest absolute Gasteiger partial charge is 0.341 e. The van der Waals surface area contributed by atoms with Crippen molar-refractivity contribution in [2.45, 2.75) is 26.2 Å². The lowest BCUT2D eigenvalue weighted by molar-refractivity contribution is -0.139. The fraction of sp³-hybridized carbons (Fsp3) is 0.385. The van der Waals surface area contributed by atoms with Crippen LogP contribution in [0.5, 0.6) is 5.75 Å². The van der Waals surface area contributed by atoms with E-state index in [1.165, 1.54) is 0 Å². The Labute approximate surface area is 106 Å². The largest absolute Gasteiger partial charge is 0.482 e. The summed E-state index contributed by atoms with van der Waals surface area (Å²) in [6.45, 7) is 1.63. The lowest BCUT2D eigenvalue weighted by Crippen LogP contribution is -2.12. The number of benzene rings is 1. The second-order valence-corrected chi connectivity index (χ2v) is 3.86. The van der Waals surface area contributed by atoms with E-state index in [2.05, 4.69) is 5.32 Å². The van der Waals surface area contributed by atoms with Gasteiger partial charge in [0.25, 0.3) is 0 Å². The third-order valence-corrected chi connectivity index (χ3v) is 2.24. The zero-order chi connectivity index (χ0) is 13.4. The number of rotatable bonds is 7. The number of carbonyl (C=O) groups is 2. The normalized spacial score (nSPS) is 9.83. The molecule has 1 aromatic carbocycles. The van der Waals surface area contributed by atoms with Gasteiger partial charge in [-0.2, -0.15) is 0 Å². The predicted molar refractivity (Wildman–Crippen MR) is 67.7 cm³/mol. The number of anilines is 1. The molecule has 0 unspecified atom stereocenters. The standard InChI is InChI=1S/C13H17NO4/c1-2-3-7-12(15)14-10-5-4-6-11(8-10)18-9-13(16)17/h4-6,8H,2-3,7,9H2,1H3,(H,14,15)(H,16,17). The maximum atomic E-state index is 11.5. The van der Waals surface area contributed by atoms with Gasteiger partial charge in [0.1, 0.15) is 5.75 Å². The minimum atomic E-state index is -1.03. The summed E-state index contributed by atoms with van der Waals surface area (Å²) in [7, 11) is 0. The molecule has 1 aromatic rings. The van der Waals surface area contributed by atoms with Gasteiger partial charge < -0.3 is 15.2 Å². The highest BCUT2D eigenvalue weighted by Gasteiger charge is 2.04. The number of carboxylic acids is 1. The number of ether oxygens (including phenoxy) is 1. The first kappa shape index (κ1) is 14.0. The van der Waals surface area contributed by atoms with E-state index in [0.717, 1.165) is 12.8 Å². The number of unbranched alkanes of at least 4 members (excludes halogenated alkanes) is 1. The van der Waals surface area contributed by atoms with E-state index in [4.69, 9.17) is 9.84 Å². The second-order valence-electron chi connectivity index (χ2n) is 3.86. The zero-order valence-electron chi connectivity index (χ0n) is 10.3. The summed E-state index contributed by atoms with van der Waals surface area (Å²) in [5, 5.41) is 11.2. The lowest BCUT2D eigenvalue weighted by atomic mass is 10.2. The van der Waals surface area contributed by atoms with Crippen molar-refractivity contribution in [3.63, 3.8) is 0 Å². The Hall–Kier alpha value is -2.04. The molecule has 0 atom stereocenters. The maximum absolute atomic E-state index is 11.5. The molecule has 0 aliphatic carbocycles. The van der Waals surface area contributed by atoms with Crippen LogP contribution in [0.15, 0.2) is 24.3 Å². The van der Waals surface area contributed by atoms with E-state index in [1.54, 1.807) is 24.3 Å². The van der Waals surface area contributed by atoms with Crippen LogP contribution in [0.1, 0.15) is 26.2 Å². The van der Waals surface area contributed by atoms with Crippen molar-refractivity contribution in [1.29, 1.82) is 0 Å². The molecule has 98 valence electrons. The molecule has 0 aliphatic heterocycles. The van der Waals surface area contributed by atoms with Gasteiger partial charge in [0, 0.05) is 18.2 Å². The number of hydrogen-bond donors (Lipinski definition) is 2. The fourth-order valence-corrected chi connectivity index (χ4v) is 1.37. The van der Waals surface area contributed by atoms with Crippen molar-refractivity contribution in [1.82, 2.24) is 0 Å². The van der Waals surface area contributed by atoms with Gasteiger partial charge in [0.05, 0.1) is 0 Å². The van der Waals surface area contributed by atoms with Gasteiger partial charge >= 0.3 is 5.97 Å². The van der Waals surface area contributed by atoms with Crippen LogP contribution in [0, 0.1) is 0 Å². The number of carboxylic acid groups (broad SMARTS) is 1. The summed E-state index contributed by atoms with van der Waals surface area (Å²) in [5.41, 5.74) is 0.610. The molecule has 0 radical (unpaired) electrons. The van der Waals surface area contributed by atoms with Gasteiger partial charge in [-0.3, -0.25) is 4.79 Å². The van der Waals surface area contributed by atoms with Crippen molar-refractivity contribution >= 4 is 17.6 Å². The predicted octanol–water partition coefficient (Wildman–Crippen LogP) is 2.28. The SMILES string of the molecule is CCCCC(=O)Nc1cccc(OCC(=O)O)c1. The third-order valence-electron chi connectivity index (χ3n) is 2.24. The molecule has 0 aromatic heterocycles. The number of amides is 1. The molecule has 1 rings (SSSR count). The monoisotopic (exact) mass is 251 g/mol. The van der Waals surface area contributed by atoms with Gasteiger partial charge in [0.2, 0.25) is 5.91 Å². The fourth-order valence-electron chi connectivity index (χ4n) is 1.37. The Morgan fingerprint density at radius 1 is 1.39 bits per heavy atom. The van der Waals surface area contributed by atoms with E-state index < -0.39 is 12.6 Å². The summed E-state index contributed by atoms with van der Waals surface area (Å²) in [4.78, 5) is 21.9. The van der Waals surface area contributed by atoms with E-state index in [1.807, 2.05) is 6.92 Å². The molecule has 2 N–H and O–H groups in total. The van der Waals surface area contributed by atoms with Crippen molar-refractivity contribution in [3.05, 3.63) is 24.3 Å². The van der Waals surface area contributed by atoms with Gasteiger partial charge in [-0.1, -0.05) is 19.4 Å². The minimum absolute atomic E-state index is 0.0489. The molecule has 0 saturated heterocycles. The minimum Gasteiger partial charge on any atom is -0.482 e. The molecule has 5 heteroatoms. The topological polar surface area (TPSA) is 75.6 Å². The average molecular weight is 251 g/mol. The summed E-state index contributed by atoms with van der Waals surface area (Å²) < 4.78 is 5.02. The highest BCUT2D eigenvalue weighted by Crippen LogP contribution is 2.17. The molecular formula is C13H17NO4. The van der Waals surface area contributed by atoms with E-state index in [0.29, 0.717) is 17.9 Å². The molecule has 0 saturated carbocycles. The molecule has 0 fully saturated rings. The number of carbonyl (C=O) groups excluding carboxylic acids is 1. The molecule has 18 heavy (non-hydrogen) atoms. The van der Waals surface area contributed by atoms with Crippen LogP contribution in [-0.4, -0.2) is 23.6 Å². The maximum Gasteiger partial charge on any atom is 0.341 e. The number of nitrogens with one attached hydrogen (secondary N) is 1. The highest BCUT2D eigenvalue weighted by atomic mass is 16.5. The van der Waals surface area contributed by atoms with Crippen molar-refractivity contribution < 1.29 is 19.4 Å². The van der Waals surface area contributed by atoms with Gasteiger partial charge in [-0.05, 0) is 18.6 Å². The van der Waals surface area contributed by atoms with Crippen LogP contribution in [0.3, 0.4) is 0 Å². The molecule has 0 heterocycles. The Balaban J connectivity index is 2.53. The summed E-state index contributed by atoms with van der Waals surface area (Å²) >= 11 is 0. The van der Waals surface area contributed by atoms with E-state index >= 15 is 0 Å². The van der Waals surface area contributed by atoms with Gasteiger partial charge in [-0.15, -0.1) is 0 Å². The first-order valence-electron chi connectivity index (χ1n) is 5.86. The van der Waals surface area contributed by atoms with Crippen LogP contribution >= 0.6 is 0 Å². The molecule has 1 amide bonds. The summed E-state index contributed by atoms with van der Waals surface area (Å²) in [5.74, 6) is -0.662. The molecule has 0 spiro atoms. The first-order chi connectivity index (χ1) is 8.61. The molecule has 0 bridgehead atoms. The summed E-state index contributed by atoms with van der Waals surface area (Å²) in [6, 6.07) is 6.68. The van der Waals surface area contributed by atoms with Crippen LogP contribution in [0.4, 0.5) is 5.69 Å². The highest BCUT2D eigenvalue weighted by molar-refractivity contribution is 5.90. The Morgan fingerprint density at radius 3 is 2.83 bits per heavy atom. The van der Waals surface area contributed by atoms with E-state index in [-0.39, 0.29) is 5.91 Å². The van der Waals surface area contributed by atoms with Crippen LogP contribution < -0.4 is 10.1 Å². The first-order valence-corrected chi connectivity index (χ1v) is 5.86. The Bertz CT molecular complexity index is 417. The Morgan fingerprint density at radius 2 is 2.17 bits per heavy atom. The zero-order valence-corrected chi connectivity index (χ0v) is 10.3. The molecule has 0 aliphatic rings. The third kappa shape index (κ3) is 5.34. The molecular weight excluding hydrogens is 234 g/mol. The molecule has 5 nitrogen and oxygen atoms in total.